The molecule has 9 heteroatoms. The maximum absolute atomic E-state index is 11.4. The predicted molar refractivity (Wildman–Crippen MR) is 83.3 cm³/mol. The highest BCUT2D eigenvalue weighted by Gasteiger charge is 2.08. The average molecular weight is 334 g/mol. The number of carbonyl (C=O) groups is 2. The van der Waals surface area contributed by atoms with Crippen LogP contribution in [0.4, 0.5) is 0 Å². The number of amides is 2. The first-order valence-electron chi connectivity index (χ1n) is 6.22. The Bertz CT molecular complexity index is 439. The molecule has 6 nitrogen and oxygen atoms in total. The highest BCUT2D eigenvalue weighted by Crippen LogP contribution is 2.28. The van der Waals surface area contributed by atoms with Gasteiger partial charge < -0.3 is 10.6 Å². The van der Waals surface area contributed by atoms with E-state index in [1.54, 1.807) is 11.8 Å². The van der Waals surface area contributed by atoms with Crippen LogP contribution < -0.4 is 10.6 Å². The molecule has 2 amide bonds. The Kier molecular flexibility index (Phi) is 8.63. The van der Waals surface area contributed by atoms with E-state index in [9.17, 15) is 9.59 Å². The zero-order chi connectivity index (χ0) is 14.8. The minimum Gasteiger partial charge on any atom is -0.356 e. The normalized spacial score (nSPS) is 10.3. The number of rotatable bonds is 9. The van der Waals surface area contributed by atoms with Crippen molar-refractivity contribution >= 4 is 46.7 Å². The lowest BCUT2D eigenvalue weighted by Crippen LogP contribution is -2.25. The SMILES string of the molecule is CCCNC(=O)CSc1nnc(SCCNC(C)=O)s1. The molecule has 0 bridgehead atoms. The third-order valence-corrected chi connectivity index (χ3v) is 5.18. The van der Waals surface area contributed by atoms with Gasteiger partial charge in [-0.3, -0.25) is 9.59 Å². The van der Waals surface area contributed by atoms with Gasteiger partial charge in [-0.2, -0.15) is 0 Å². The van der Waals surface area contributed by atoms with Gasteiger partial charge in [-0.15, -0.1) is 10.2 Å². The first kappa shape index (κ1) is 17.3. The van der Waals surface area contributed by atoms with E-state index in [-0.39, 0.29) is 11.8 Å². The molecule has 0 saturated heterocycles. The summed E-state index contributed by atoms with van der Waals surface area (Å²) in [6.07, 6.45) is 0.935. The standard InChI is InChI=1S/C11H18N4O2S3/c1-3-4-13-9(17)7-19-11-15-14-10(20-11)18-6-5-12-8(2)16/h3-7H2,1-2H3,(H,12,16)(H,13,17). The van der Waals surface area contributed by atoms with Gasteiger partial charge in [0, 0.05) is 25.8 Å². The van der Waals surface area contributed by atoms with E-state index >= 15 is 0 Å². The van der Waals surface area contributed by atoms with Crippen molar-refractivity contribution in [2.45, 2.75) is 28.9 Å². The monoisotopic (exact) mass is 334 g/mol. The third kappa shape index (κ3) is 7.71. The maximum Gasteiger partial charge on any atom is 0.230 e. The molecule has 1 aromatic heterocycles. The summed E-state index contributed by atoms with van der Waals surface area (Å²) < 4.78 is 1.64. The van der Waals surface area contributed by atoms with Crippen molar-refractivity contribution in [3.63, 3.8) is 0 Å². The molecule has 0 aliphatic rings. The lowest BCUT2D eigenvalue weighted by atomic mass is 10.5. The van der Waals surface area contributed by atoms with Gasteiger partial charge in [-0.25, -0.2) is 0 Å². The Hall–Kier alpha value is -0.800. The number of nitrogens with zero attached hydrogens (tertiary/aromatic N) is 2. The summed E-state index contributed by atoms with van der Waals surface area (Å²) in [6, 6.07) is 0. The van der Waals surface area contributed by atoms with E-state index < -0.39 is 0 Å². The molecular formula is C11H18N4O2S3. The lowest BCUT2D eigenvalue weighted by molar-refractivity contribution is -0.119. The predicted octanol–water partition coefficient (Wildman–Crippen LogP) is 1.38. The smallest absolute Gasteiger partial charge is 0.230 e. The molecule has 2 N–H and O–H groups in total. The van der Waals surface area contributed by atoms with Crippen LogP contribution in [0, 0.1) is 0 Å². The minimum atomic E-state index is -0.0304. The van der Waals surface area contributed by atoms with Crippen molar-refractivity contribution in [2.75, 3.05) is 24.6 Å². The fourth-order valence-corrected chi connectivity index (χ4v) is 3.90. The van der Waals surface area contributed by atoms with Crippen molar-refractivity contribution < 1.29 is 9.59 Å². The highest BCUT2D eigenvalue weighted by molar-refractivity contribution is 8.03. The van der Waals surface area contributed by atoms with E-state index in [1.165, 1.54) is 30.0 Å². The van der Waals surface area contributed by atoms with Gasteiger partial charge in [-0.05, 0) is 6.42 Å². The van der Waals surface area contributed by atoms with Gasteiger partial charge in [0.2, 0.25) is 11.8 Å². The summed E-state index contributed by atoms with van der Waals surface area (Å²) in [5.41, 5.74) is 0. The van der Waals surface area contributed by atoms with Crippen molar-refractivity contribution in [1.29, 1.82) is 0 Å². The van der Waals surface area contributed by atoms with Crippen LogP contribution >= 0.6 is 34.9 Å². The fraction of sp³-hybridized carbons (Fsp3) is 0.636. The second-order valence-corrected chi connectivity index (χ2v) is 7.35. The molecule has 0 saturated carbocycles. The van der Waals surface area contributed by atoms with Crippen LogP contribution in [0.2, 0.25) is 0 Å². The van der Waals surface area contributed by atoms with E-state index in [4.69, 9.17) is 0 Å². The molecule has 0 aromatic carbocycles. The molecule has 0 atom stereocenters. The van der Waals surface area contributed by atoms with Gasteiger partial charge in [0.15, 0.2) is 8.68 Å². The number of hydrogen-bond acceptors (Lipinski definition) is 7. The first-order chi connectivity index (χ1) is 9.61. The highest BCUT2D eigenvalue weighted by atomic mass is 32.2. The molecule has 0 spiro atoms. The van der Waals surface area contributed by atoms with Gasteiger partial charge in [-0.1, -0.05) is 41.8 Å². The van der Waals surface area contributed by atoms with Gasteiger partial charge in [0.1, 0.15) is 0 Å². The van der Waals surface area contributed by atoms with Crippen LogP contribution in [-0.4, -0.2) is 46.6 Å². The number of nitrogens with one attached hydrogen (secondary N) is 2. The zero-order valence-electron chi connectivity index (χ0n) is 11.5. The van der Waals surface area contributed by atoms with Crippen LogP contribution in [0.1, 0.15) is 20.3 Å². The molecule has 112 valence electrons. The van der Waals surface area contributed by atoms with Gasteiger partial charge in [0.05, 0.1) is 5.75 Å². The van der Waals surface area contributed by atoms with Crippen molar-refractivity contribution in [3.05, 3.63) is 0 Å². The Labute approximate surface area is 130 Å². The van der Waals surface area contributed by atoms with Crippen molar-refractivity contribution in [1.82, 2.24) is 20.8 Å². The summed E-state index contributed by atoms with van der Waals surface area (Å²) >= 11 is 4.41. The van der Waals surface area contributed by atoms with Crippen LogP contribution in [0.25, 0.3) is 0 Å². The Morgan fingerprint density at radius 2 is 1.85 bits per heavy atom. The van der Waals surface area contributed by atoms with Crippen LogP contribution in [0.15, 0.2) is 8.68 Å². The largest absolute Gasteiger partial charge is 0.356 e. The Morgan fingerprint density at radius 1 is 1.15 bits per heavy atom. The summed E-state index contributed by atoms with van der Waals surface area (Å²) in [5.74, 6) is 1.12. The second kappa shape index (κ2) is 10.0. The number of hydrogen-bond donors (Lipinski definition) is 2. The van der Waals surface area contributed by atoms with E-state index in [2.05, 4.69) is 20.8 Å². The van der Waals surface area contributed by atoms with Crippen molar-refractivity contribution in [2.24, 2.45) is 0 Å². The summed E-state index contributed by atoms with van der Waals surface area (Å²) in [4.78, 5) is 22.1. The van der Waals surface area contributed by atoms with Gasteiger partial charge >= 0.3 is 0 Å². The average Bonchev–Trinajstić information content (AvgIpc) is 2.86. The number of aromatic nitrogens is 2. The third-order valence-electron chi connectivity index (χ3n) is 1.99. The van der Waals surface area contributed by atoms with Crippen LogP contribution in [0.5, 0.6) is 0 Å². The van der Waals surface area contributed by atoms with Crippen molar-refractivity contribution in [3.8, 4) is 0 Å². The lowest BCUT2D eigenvalue weighted by Gasteiger charge is -2.00. The number of thioether (sulfide) groups is 2. The topological polar surface area (TPSA) is 84.0 Å². The summed E-state index contributed by atoms with van der Waals surface area (Å²) in [6.45, 7) is 4.83. The summed E-state index contributed by atoms with van der Waals surface area (Å²) in [5, 5.41) is 13.6. The second-order valence-electron chi connectivity index (χ2n) is 3.80. The molecule has 0 fully saturated rings. The molecule has 0 aliphatic carbocycles. The first-order valence-corrected chi connectivity index (χ1v) is 9.00. The van der Waals surface area contributed by atoms with E-state index in [1.807, 2.05) is 6.92 Å². The molecule has 1 heterocycles. The number of carbonyl (C=O) groups excluding carboxylic acids is 2. The van der Waals surface area contributed by atoms with E-state index in [0.29, 0.717) is 18.8 Å². The molecule has 0 unspecified atom stereocenters. The van der Waals surface area contributed by atoms with Crippen LogP contribution in [0.3, 0.4) is 0 Å². The summed E-state index contributed by atoms with van der Waals surface area (Å²) in [7, 11) is 0. The maximum atomic E-state index is 11.4. The molecular weight excluding hydrogens is 316 g/mol. The minimum absolute atomic E-state index is 0.0203. The quantitative estimate of drug-likeness (QED) is 0.524. The molecule has 1 aromatic rings. The zero-order valence-corrected chi connectivity index (χ0v) is 13.9. The fourth-order valence-electron chi connectivity index (χ4n) is 1.12. The molecule has 1 rings (SSSR count). The molecule has 0 radical (unpaired) electrons. The Balaban J connectivity index is 2.22. The van der Waals surface area contributed by atoms with E-state index in [0.717, 1.165) is 20.9 Å². The Morgan fingerprint density at radius 3 is 2.50 bits per heavy atom. The molecule has 0 aliphatic heterocycles. The van der Waals surface area contributed by atoms with Gasteiger partial charge in [0.25, 0.3) is 0 Å². The van der Waals surface area contributed by atoms with Crippen LogP contribution in [-0.2, 0) is 9.59 Å². The molecule has 20 heavy (non-hydrogen) atoms.